The monoisotopic (exact) mass is 443 g/mol. The standard InChI is InChI=1S/C25H21N3O5/c1-15-9-17(16(2)28(15)20-4-6-22-24(12-20)33-14-32-22)10-18(13-26)25(29)27-19-3-5-21-23(11-19)31-8-7-30-21/h3-6,9-12H,7-8,14H2,1-2H3,(H,27,29)/b18-10+. The predicted molar refractivity (Wildman–Crippen MR) is 121 cm³/mol. The van der Waals surface area contributed by atoms with E-state index in [1.165, 1.54) is 0 Å². The van der Waals surface area contributed by atoms with Crippen molar-refractivity contribution in [2.75, 3.05) is 25.3 Å². The molecule has 5 rings (SSSR count). The van der Waals surface area contributed by atoms with Crippen molar-refractivity contribution in [1.29, 1.82) is 5.26 Å². The molecule has 1 N–H and O–H groups in total. The van der Waals surface area contributed by atoms with E-state index in [0.29, 0.717) is 41.9 Å². The molecule has 3 heterocycles. The fraction of sp³-hybridized carbons (Fsp3) is 0.200. The highest BCUT2D eigenvalue weighted by molar-refractivity contribution is 6.09. The lowest BCUT2D eigenvalue weighted by molar-refractivity contribution is -0.112. The second kappa shape index (κ2) is 8.28. The second-order valence-corrected chi connectivity index (χ2v) is 7.68. The average molecular weight is 443 g/mol. The molecule has 2 aliphatic rings. The van der Waals surface area contributed by atoms with Gasteiger partial charge in [0.15, 0.2) is 23.0 Å². The maximum absolute atomic E-state index is 12.8. The number of nitrogens with one attached hydrogen (secondary N) is 1. The molecule has 33 heavy (non-hydrogen) atoms. The number of aromatic nitrogens is 1. The molecule has 0 aliphatic carbocycles. The Morgan fingerprint density at radius 1 is 0.970 bits per heavy atom. The van der Waals surface area contributed by atoms with E-state index in [0.717, 1.165) is 22.6 Å². The van der Waals surface area contributed by atoms with E-state index in [9.17, 15) is 10.1 Å². The van der Waals surface area contributed by atoms with Crippen LogP contribution in [0.15, 0.2) is 48.0 Å². The number of carbonyl (C=O) groups is 1. The van der Waals surface area contributed by atoms with Gasteiger partial charge in [-0.05, 0) is 55.8 Å². The summed E-state index contributed by atoms with van der Waals surface area (Å²) < 4.78 is 24.0. The Labute approximate surface area is 190 Å². The molecule has 1 amide bonds. The van der Waals surface area contributed by atoms with Crippen molar-refractivity contribution in [1.82, 2.24) is 4.57 Å². The Bertz CT molecular complexity index is 1330. The predicted octanol–water partition coefficient (Wildman–Crippen LogP) is 4.14. The normalized spacial score (nSPS) is 14.0. The summed E-state index contributed by atoms with van der Waals surface area (Å²) in [5.41, 5.74) is 4.06. The van der Waals surface area contributed by atoms with Gasteiger partial charge >= 0.3 is 0 Å². The van der Waals surface area contributed by atoms with Crippen LogP contribution in [0, 0.1) is 25.2 Å². The molecule has 0 radical (unpaired) electrons. The third-order valence-corrected chi connectivity index (χ3v) is 5.55. The van der Waals surface area contributed by atoms with Gasteiger partial charge in [0.2, 0.25) is 6.79 Å². The zero-order chi connectivity index (χ0) is 22.9. The Hall–Kier alpha value is -4.38. The van der Waals surface area contributed by atoms with Crippen LogP contribution >= 0.6 is 0 Å². The minimum absolute atomic E-state index is 0.00387. The van der Waals surface area contributed by atoms with Crippen LogP contribution in [0.5, 0.6) is 23.0 Å². The number of anilines is 1. The van der Waals surface area contributed by atoms with E-state index in [1.54, 1.807) is 24.3 Å². The van der Waals surface area contributed by atoms with E-state index in [4.69, 9.17) is 18.9 Å². The van der Waals surface area contributed by atoms with Crippen molar-refractivity contribution in [3.8, 4) is 34.8 Å². The molecule has 0 saturated carbocycles. The second-order valence-electron chi connectivity index (χ2n) is 7.68. The molecular formula is C25H21N3O5. The molecule has 3 aromatic rings. The van der Waals surface area contributed by atoms with E-state index in [-0.39, 0.29) is 12.4 Å². The molecule has 2 aromatic carbocycles. The zero-order valence-corrected chi connectivity index (χ0v) is 18.2. The van der Waals surface area contributed by atoms with Crippen LogP contribution in [0.25, 0.3) is 11.8 Å². The van der Waals surface area contributed by atoms with Crippen molar-refractivity contribution in [3.05, 3.63) is 65.0 Å². The number of hydrogen-bond donors (Lipinski definition) is 1. The van der Waals surface area contributed by atoms with Gasteiger partial charge in [-0.25, -0.2) is 0 Å². The minimum atomic E-state index is -0.498. The fourth-order valence-electron chi connectivity index (χ4n) is 3.98. The quantitative estimate of drug-likeness (QED) is 0.481. The summed E-state index contributed by atoms with van der Waals surface area (Å²) in [6.07, 6.45) is 1.60. The van der Waals surface area contributed by atoms with Gasteiger partial charge in [-0.2, -0.15) is 5.26 Å². The maximum Gasteiger partial charge on any atom is 0.266 e. The van der Waals surface area contributed by atoms with Crippen molar-refractivity contribution < 1.29 is 23.7 Å². The third kappa shape index (κ3) is 3.85. The molecule has 2 aliphatic heterocycles. The van der Waals surface area contributed by atoms with Crippen LogP contribution in [-0.2, 0) is 4.79 Å². The first-order valence-electron chi connectivity index (χ1n) is 10.5. The molecule has 0 saturated heterocycles. The molecule has 1 aromatic heterocycles. The first kappa shape index (κ1) is 20.5. The fourth-order valence-corrected chi connectivity index (χ4v) is 3.98. The first-order valence-corrected chi connectivity index (χ1v) is 10.5. The van der Waals surface area contributed by atoms with Gasteiger partial charge in [-0.3, -0.25) is 4.79 Å². The Morgan fingerprint density at radius 3 is 2.48 bits per heavy atom. The molecule has 0 unspecified atom stereocenters. The van der Waals surface area contributed by atoms with E-state index in [2.05, 4.69) is 5.32 Å². The number of nitriles is 1. The largest absolute Gasteiger partial charge is 0.486 e. The van der Waals surface area contributed by atoms with Gasteiger partial charge < -0.3 is 28.8 Å². The Morgan fingerprint density at radius 2 is 1.67 bits per heavy atom. The molecule has 8 heteroatoms. The summed E-state index contributed by atoms with van der Waals surface area (Å²) in [5, 5.41) is 12.4. The first-order chi connectivity index (χ1) is 16.0. The topological polar surface area (TPSA) is 94.7 Å². The van der Waals surface area contributed by atoms with Crippen LogP contribution in [-0.4, -0.2) is 30.5 Å². The number of rotatable bonds is 4. The van der Waals surface area contributed by atoms with Crippen LogP contribution in [0.4, 0.5) is 5.69 Å². The number of ether oxygens (including phenoxy) is 4. The lowest BCUT2D eigenvalue weighted by Gasteiger charge is -2.18. The summed E-state index contributed by atoms with van der Waals surface area (Å²) in [7, 11) is 0. The van der Waals surface area contributed by atoms with Crippen LogP contribution in [0.1, 0.15) is 17.0 Å². The highest BCUT2D eigenvalue weighted by atomic mass is 16.7. The van der Waals surface area contributed by atoms with Crippen LogP contribution < -0.4 is 24.3 Å². The van der Waals surface area contributed by atoms with Crippen LogP contribution in [0.3, 0.4) is 0 Å². The molecule has 0 spiro atoms. The van der Waals surface area contributed by atoms with E-state index < -0.39 is 5.91 Å². The number of amides is 1. The highest BCUT2D eigenvalue weighted by Gasteiger charge is 2.18. The lowest BCUT2D eigenvalue weighted by Crippen LogP contribution is -2.17. The van der Waals surface area contributed by atoms with Crippen molar-refractivity contribution in [3.63, 3.8) is 0 Å². The molecule has 0 bridgehead atoms. The van der Waals surface area contributed by atoms with Gasteiger partial charge in [0.25, 0.3) is 5.91 Å². The summed E-state index contributed by atoms with van der Waals surface area (Å²) >= 11 is 0. The van der Waals surface area contributed by atoms with Crippen molar-refractivity contribution in [2.45, 2.75) is 13.8 Å². The summed E-state index contributed by atoms with van der Waals surface area (Å²) in [4.78, 5) is 12.8. The SMILES string of the molecule is Cc1cc(/C=C(\C#N)C(=O)Nc2ccc3c(c2)OCCO3)c(C)n1-c1ccc2c(c1)OCO2. The van der Waals surface area contributed by atoms with Crippen LogP contribution in [0.2, 0.25) is 0 Å². The van der Waals surface area contributed by atoms with E-state index in [1.807, 2.05) is 48.7 Å². The van der Waals surface area contributed by atoms with Crippen molar-refractivity contribution >= 4 is 17.7 Å². The summed E-state index contributed by atoms with van der Waals surface area (Å²) in [5.74, 6) is 2.10. The summed E-state index contributed by atoms with van der Waals surface area (Å²) in [6, 6.07) is 14.8. The van der Waals surface area contributed by atoms with Gasteiger partial charge in [0.1, 0.15) is 24.9 Å². The summed E-state index contributed by atoms with van der Waals surface area (Å²) in [6.45, 7) is 5.06. The number of fused-ring (bicyclic) bond motifs is 2. The number of nitrogens with zero attached hydrogens (tertiary/aromatic N) is 2. The molecule has 0 atom stereocenters. The van der Waals surface area contributed by atoms with Gasteiger partial charge in [-0.15, -0.1) is 0 Å². The smallest absolute Gasteiger partial charge is 0.266 e. The lowest BCUT2D eigenvalue weighted by atomic mass is 10.1. The van der Waals surface area contributed by atoms with Gasteiger partial charge in [0.05, 0.1) is 0 Å². The Kier molecular flexibility index (Phi) is 5.15. The molecular weight excluding hydrogens is 422 g/mol. The maximum atomic E-state index is 12.8. The molecule has 8 nitrogen and oxygen atoms in total. The third-order valence-electron chi connectivity index (χ3n) is 5.55. The number of aryl methyl sites for hydroxylation is 1. The zero-order valence-electron chi connectivity index (χ0n) is 18.2. The van der Waals surface area contributed by atoms with Gasteiger partial charge in [-0.1, -0.05) is 0 Å². The molecule has 166 valence electrons. The Balaban J connectivity index is 1.41. The average Bonchev–Trinajstić information content (AvgIpc) is 3.40. The van der Waals surface area contributed by atoms with Gasteiger partial charge in [0, 0.05) is 34.9 Å². The number of benzene rings is 2. The number of hydrogen-bond acceptors (Lipinski definition) is 6. The van der Waals surface area contributed by atoms with E-state index >= 15 is 0 Å². The molecule has 0 fully saturated rings. The highest BCUT2D eigenvalue weighted by Crippen LogP contribution is 2.35. The van der Waals surface area contributed by atoms with Crippen molar-refractivity contribution in [2.24, 2.45) is 0 Å². The number of carbonyl (C=O) groups excluding carboxylic acids is 1. The minimum Gasteiger partial charge on any atom is -0.486 e.